The van der Waals surface area contributed by atoms with Gasteiger partial charge in [0.1, 0.15) is 17.8 Å². The summed E-state index contributed by atoms with van der Waals surface area (Å²) in [6.45, 7) is 14.2. The quantitative estimate of drug-likeness (QED) is 0.268. The zero-order valence-electron chi connectivity index (χ0n) is 38.4. The molecule has 62 heavy (non-hydrogen) atoms. The van der Waals surface area contributed by atoms with Crippen molar-refractivity contribution < 1.29 is 19.8 Å². The summed E-state index contributed by atoms with van der Waals surface area (Å²) >= 11 is 6.95. The van der Waals surface area contributed by atoms with E-state index in [1.165, 1.54) is 89.9 Å². The fourth-order valence-electron chi connectivity index (χ4n) is 18.4. The van der Waals surface area contributed by atoms with Gasteiger partial charge in [0.25, 0.3) is 0 Å². The van der Waals surface area contributed by atoms with Crippen LogP contribution in [-0.2, 0) is 16.1 Å². The molecule has 2 N–H and O–H groups in total. The van der Waals surface area contributed by atoms with Crippen LogP contribution in [-0.4, -0.2) is 53.1 Å². The summed E-state index contributed by atoms with van der Waals surface area (Å²) in [4.78, 5) is 30.8. The highest BCUT2D eigenvalue weighted by molar-refractivity contribution is 9.10. The maximum Gasteiger partial charge on any atom is 0.157 e. The van der Waals surface area contributed by atoms with Gasteiger partial charge in [0.05, 0.1) is 28.2 Å². The molecule has 2 aromatic heterocycles. The van der Waals surface area contributed by atoms with Gasteiger partial charge in [0.15, 0.2) is 5.78 Å². The normalized spacial score (nSPS) is 46.7. The number of rotatable bonds is 7. The Kier molecular flexibility index (Phi) is 13.1. The number of nitrogens with zero attached hydrogens (tertiary/aromatic N) is 3. The highest BCUT2D eigenvalue weighted by Crippen LogP contribution is 2.71. The molecule has 2 heterocycles. The van der Waals surface area contributed by atoms with E-state index in [9.17, 15) is 19.8 Å². The van der Waals surface area contributed by atoms with Gasteiger partial charge in [-0.3, -0.25) is 19.3 Å². The van der Waals surface area contributed by atoms with Crippen molar-refractivity contribution in [2.24, 2.45) is 80.8 Å². The third-order valence-corrected chi connectivity index (χ3v) is 22.3. The molecule has 0 amide bonds. The van der Waals surface area contributed by atoms with E-state index in [2.05, 4.69) is 83.5 Å². The van der Waals surface area contributed by atoms with Crippen molar-refractivity contribution in [2.75, 3.05) is 5.33 Å². The van der Waals surface area contributed by atoms with E-state index in [1.807, 2.05) is 10.7 Å². The van der Waals surface area contributed by atoms with E-state index in [1.54, 1.807) is 12.4 Å². The number of pyridine rings is 1. The molecule has 10 rings (SSSR count). The summed E-state index contributed by atoms with van der Waals surface area (Å²) in [6.07, 6.45) is 27.2. The molecule has 0 aliphatic heterocycles. The number of Topliss-reactive ketones (excluding diaryl/α,β-unsaturated/α-hetero) is 2. The predicted octanol–water partition coefficient (Wildman–Crippen LogP) is 12.9. The Labute approximate surface area is 391 Å². The van der Waals surface area contributed by atoms with Gasteiger partial charge in [-0.2, -0.15) is 5.10 Å². The van der Waals surface area contributed by atoms with Crippen molar-refractivity contribution in [1.29, 1.82) is 0 Å². The predicted molar refractivity (Wildman–Crippen MR) is 257 cm³/mol. The maximum atomic E-state index is 13.8. The fraction of sp³-hybridized carbons (Fsp3) is 0.849. The molecule has 0 saturated heterocycles. The number of aliphatic hydroxyl groups is 2. The zero-order chi connectivity index (χ0) is 43.3. The van der Waals surface area contributed by atoms with E-state index < -0.39 is 11.2 Å². The Morgan fingerprint density at radius 3 is 1.66 bits per heavy atom. The van der Waals surface area contributed by atoms with Crippen molar-refractivity contribution in [3.05, 3.63) is 22.9 Å². The molecule has 16 atom stereocenters. The number of carbonyl (C=O) groups is 2. The SMILES string of the molecule is C.CC[C@]12CC[C@@](C)(O)C[C@@H]1CC[C@H]1[C@@H]3CC[C@H](C(=O)CBr)[C@@]3(C)CC[C@@H]12.CC[C@]12CC[C@@](C)(O)C[C@@H]1CC[C@H]1[C@@H]3CC[C@H](C(=O)Cn4ncc5ncc(Br)cc54)[C@@]3(C)CC[C@@H]12. The van der Waals surface area contributed by atoms with E-state index in [0.717, 1.165) is 83.6 Å². The highest BCUT2D eigenvalue weighted by atomic mass is 79.9. The second-order valence-electron chi connectivity index (χ2n) is 23.7. The number of aromatic nitrogens is 3. The van der Waals surface area contributed by atoms with Gasteiger partial charge in [0, 0.05) is 22.5 Å². The third-order valence-electron chi connectivity index (χ3n) is 21.3. The van der Waals surface area contributed by atoms with Crippen LogP contribution in [0.5, 0.6) is 0 Å². The van der Waals surface area contributed by atoms with Crippen molar-refractivity contribution in [3.8, 4) is 0 Å². The van der Waals surface area contributed by atoms with Crippen molar-refractivity contribution >= 4 is 54.5 Å². The molecular weight excluding hydrogens is 902 g/mol. The lowest BCUT2D eigenvalue weighted by molar-refractivity contribution is -0.158. The number of hydrogen-bond acceptors (Lipinski definition) is 6. The summed E-state index contributed by atoms with van der Waals surface area (Å²) in [7, 11) is 0. The Balaban J connectivity index is 0.000000175. The average Bonchev–Trinajstić information content (AvgIpc) is 3.92. The molecule has 9 heteroatoms. The number of ketones is 2. The lowest BCUT2D eigenvalue weighted by Crippen LogP contribution is -2.56. The Hall–Kier alpha value is -1.16. The largest absolute Gasteiger partial charge is 0.390 e. The number of hydrogen-bond donors (Lipinski definition) is 2. The lowest BCUT2D eigenvalue weighted by Gasteiger charge is -2.63. The highest BCUT2D eigenvalue weighted by Gasteiger charge is 2.64. The van der Waals surface area contributed by atoms with Crippen LogP contribution in [0.2, 0.25) is 0 Å². The van der Waals surface area contributed by atoms with Gasteiger partial charge in [-0.05, 0) is 233 Å². The van der Waals surface area contributed by atoms with Crippen LogP contribution in [0.3, 0.4) is 0 Å². The maximum absolute atomic E-state index is 13.8. The van der Waals surface area contributed by atoms with E-state index in [4.69, 9.17) is 0 Å². The lowest BCUT2D eigenvalue weighted by atomic mass is 9.42. The summed E-state index contributed by atoms with van der Waals surface area (Å²) in [5, 5.41) is 26.6. The first-order valence-electron chi connectivity index (χ1n) is 25.0. The van der Waals surface area contributed by atoms with E-state index in [-0.39, 0.29) is 30.1 Å². The molecule has 0 aromatic carbocycles. The Morgan fingerprint density at radius 1 is 0.677 bits per heavy atom. The molecule has 8 aliphatic carbocycles. The van der Waals surface area contributed by atoms with E-state index >= 15 is 0 Å². The molecule has 7 nitrogen and oxygen atoms in total. The molecule has 0 unspecified atom stereocenters. The second-order valence-corrected chi connectivity index (χ2v) is 25.1. The first-order valence-corrected chi connectivity index (χ1v) is 26.9. The second kappa shape index (κ2) is 17.2. The van der Waals surface area contributed by atoms with Crippen LogP contribution in [0.25, 0.3) is 11.0 Å². The zero-order valence-corrected chi connectivity index (χ0v) is 41.5. The minimum absolute atomic E-state index is 0. The van der Waals surface area contributed by atoms with Gasteiger partial charge >= 0.3 is 0 Å². The van der Waals surface area contributed by atoms with Gasteiger partial charge < -0.3 is 10.2 Å². The minimum atomic E-state index is -0.480. The van der Waals surface area contributed by atoms with Crippen LogP contribution in [0.4, 0.5) is 0 Å². The van der Waals surface area contributed by atoms with Crippen LogP contribution < -0.4 is 0 Å². The van der Waals surface area contributed by atoms with Gasteiger partial charge in [-0.1, -0.05) is 51.1 Å². The van der Waals surface area contributed by atoms with Crippen LogP contribution in [0, 0.1) is 80.8 Å². The molecule has 0 spiro atoms. The third kappa shape index (κ3) is 7.61. The molecule has 0 radical (unpaired) electrons. The molecule has 8 aliphatic rings. The standard InChI is InChI=1S/C29H40BrN3O2.C23H37BrO2.CH4/c1-4-29-12-11-27(2,35)14-18(29)5-6-20-21-7-8-23(28(21,3)10-9-22(20)29)26(34)17-33-25-13-19(30)15-31-24(25)16-32-33;1-4-23-12-11-21(2,26)13-15(23)5-6-16-17-7-8-19(20(25)14-24)22(17,3)10-9-18(16)23;/h13,15-16,18,20-23,35H,4-12,14,17H2,1-3H3;15-19,26H,4-14H2,1-3H3;1H4/t18-,20-,21-,22-,23+,27+,28-,29-;15-,16-,17-,18-,19+,21+,22-,23-;/m00./s1. The van der Waals surface area contributed by atoms with Crippen molar-refractivity contribution in [2.45, 2.75) is 195 Å². The Morgan fingerprint density at radius 2 is 1.18 bits per heavy atom. The fourth-order valence-corrected chi connectivity index (χ4v) is 19.1. The van der Waals surface area contributed by atoms with E-state index in [0.29, 0.717) is 52.0 Å². The first kappa shape index (κ1) is 47.3. The summed E-state index contributed by atoms with van der Waals surface area (Å²) in [5.41, 5.74) is 2.06. The average molecular weight is 984 g/mol. The molecule has 8 fully saturated rings. The molecular formula is C53H81Br2N3O4. The molecule has 346 valence electrons. The number of alkyl halides is 1. The monoisotopic (exact) mass is 981 g/mol. The summed E-state index contributed by atoms with van der Waals surface area (Å²) < 4.78 is 2.76. The summed E-state index contributed by atoms with van der Waals surface area (Å²) in [6, 6.07) is 2.01. The molecule has 0 bridgehead atoms. The van der Waals surface area contributed by atoms with Crippen molar-refractivity contribution in [3.63, 3.8) is 0 Å². The number of fused-ring (bicyclic) bond motifs is 11. The number of carbonyl (C=O) groups excluding carboxylic acids is 2. The van der Waals surface area contributed by atoms with Gasteiger partial charge in [-0.25, -0.2) is 0 Å². The smallest absolute Gasteiger partial charge is 0.157 e. The van der Waals surface area contributed by atoms with Crippen LogP contribution in [0.1, 0.15) is 177 Å². The van der Waals surface area contributed by atoms with Crippen LogP contribution >= 0.6 is 31.9 Å². The van der Waals surface area contributed by atoms with Gasteiger partial charge in [-0.15, -0.1) is 0 Å². The Bertz CT molecular complexity index is 1980. The van der Waals surface area contributed by atoms with Crippen molar-refractivity contribution in [1.82, 2.24) is 14.8 Å². The minimum Gasteiger partial charge on any atom is -0.390 e. The van der Waals surface area contributed by atoms with Crippen LogP contribution in [0.15, 0.2) is 22.9 Å². The summed E-state index contributed by atoms with van der Waals surface area (Å²) in [5.74, 6) is 7.18. The number of halogens is 2. The topological polar surface area (TPSA) is 105 Å². The van der Waals surface area contributed by atoms with Gasteiger partial charge in [0.2, 0.25) is 0 Å². The molecule has 2 aromatic rings. The molecule has 8 saturated carbocycles. The first-order chi connectivity index (χ1) is 28.9.